The number of esters is 1. The number of sulfonamides is 1. The van der Waals surface area contributed by atoms with Gasteiger partial charge in [0.2, 0.25) is 10.0 Å². The van der Waals surface area contributed by atoms with E-state index in [1.54, 1.807) is 12.1 Å². The molecule has 0 atom stereocenters. The van der Waals surface area contributed by atoms with Crippen LogP contribution in [0, 0.1) is 11.6 Å². The summed E-state index contributed by atoms with van der Waals surface area (Å²) < 4.78 is 58.2. The summed E-state index contributed by atoms with van der Waals surface area (Å²) in [5.74, 6) is -3.48. The molecule has 1 heterocycles. The molecule has 9 heteroatoms. The first-order valence-corrected chi connectivity index (χ1v) is 11.9. The van der Waals surface area contributed by atoms with Gasteiger partial charge in [0.1, 0.15) is 0 Å². The Morgan fingerprint density at radius 3 is 2.19 bits per heavy atom. The lowest BCUT2D eigenvalue weighted by atomic mass is 10.1. The van der Waals surface area contributed by atoms with E-state index in [-0.39, 0.29) is 16.9 Å². The van der Waals surface area contributed by atoms with Gasteiger partial charge in [-0.05, 0) is 55.2 Å². The Hall–Kier alpha value is -2.65. The first-order valence-electron chi connectivity index (χ1n) is 10.5. The zero-order valence-electron chi connectivity index (χ0n) is 17.6. The van der Waals surface area contributed by atoms with Crippen LogP contribution in [0.1, 0.15) is 48.0 Å². The second-order valence-electron chi connectivity index (χ2n) is 7.67. The molecule has 0 N–H and O–H groups in total. The molecule has 3 rings (SSSR count). The maximum absolute atomic E-state index is 13.2. The van der Waals surface area contributed by atoms with Crippen LogP contribution >= 0.6 is 0 Å². The van der Waals surface area contributed by atoms with Crippen LogP contribution in [0.2, 0.25) is 0 Å². The van der Waals surface area contributed by atoms with E-state index in [1.807, 2.05) is 0 Å². The van der Waals surface area contributed by atoms with Gasteiger partial charge in [-0.3, -0.25) is 9.59 Å². The molecule has 0 amide bonds. The number of halogens is 2. The molecule has 0 aromatic heterocycles. The number of rotatable bonds is 8. The number of hydrogen-bond donors (Lipinski definition) is 0. The van der Waals surface area contributed by atoms with E-state index in [4.69, 9.17) is 4.74 Å². The van der Waals surface area contributed by atoms with E-state index in [9.17, 15) is 26.8 Å². The first-order chi connectivity index (χ1) is 15.3. The van der Waals surface area contributed by atoms with Crippen LogP contribution in [0.4, 0.5) is 8.78 Å². The van der Waals surface area contributed by atoms with Crippen molar-refractivity contribution in [1.29, 1.82) is 0 Å². The molecular weight excluding hydrogens is 440 g/mol. The van der Waals surface area contributed by atoms with Crippen molar-refractivity contribution < 1.29 is 31.5 Å². The maximum Gasteiger partial charge on any atom is 0.306 e. The standard InChI is InChI=1S/C23H25F2NO5S/c24-20-11-8-18(15-21(20)25)22(27)16-31-23(28)12-7-17-5-9-19(10-6-17)32(29,30)26-13-3-1-2-4-14-26/h5-6,8-11,15H,1-4,7,12-14,16H2. The molecule has 172 valence electrons. The summed E-state index contributed by atoms with van der Waals surface area (Å²) in [6.45, 7) is 0.481. The van der Waals surface area contributed by atoms with Gasteiger partial charge in [-0.1, -0.05) is 25.0 Å². The van der Waals surface area contributed by atoms with Crippen LogP contribution in [0.3, 0.4) is 0 Å². The Kier molecular flexibility index (Phi) is 8.09. The van der Waals surface area contributed by atoms with Crippen LogP contribution in [-0.4, -0.2) is 44.2 Å². The Morgan fingerprint density at radius 2 is 1.56 bits per heavy atom. The fraction of sp³-hybridized carbons (Fsp3) is 0.391. The Morgan fingerprint density at radius 1 is 0.906 bits per heavy atom. The minimum atomic E-state index is -3.53. The van der Waals surface area contributed by atoms with Crippen molar-refractivity contribution in [3.05, 3.63) is 65.2 Å². The number of carbonyl (C=O) groups excluding carboxylic acids is 2. The third-order valence-corrected chi connectivity index (χ3v) is 7.26. The molecule has 0 bridgehead atoms. The van der Waals surface area contributed by atoms with Crippen LogP contribution < -0.4 is 0 Å². The number of hydrogen-bond acceptors (Lipinski definition) is 5. The van der Waals surface area contributed by atoms with Crippen molar-refractivity contribution in [2.45, 2.75) is 43.4 Å². The van der Waals surface area contributed by atoms with E-state index in [2.05, 4.69) is 0 Å². The molecule has 32 heavy (non-hydrogen) atoms. The minimum Gasteiger partial charge on any atom is -0.457 e. The van der Waals surface area contributed by atoms with Crippen LogP contribution in [0.5, 0.6) is 0 Å². The largest absolute Gasteiger partial charge is 0.457 e. The van der Waals surface area contributed by atoms with Gasteiger partial charge in [0.25, 0.3) is 0 Å². The lowest BCUT2D eigenvalue weighted by Gasteiger charge is -2.20. The molecule has 6 nitrogen and oxygen atoms in total. The van der Waals surface area contributed by atoms with Crippen molar-refractivity contribution in [3.8, 4) is 0 Å². The summed E-state index contributed by atoms with van der Waals surface area (Å²) >= 11 is 0. The van der Waals surface area contributed by atoms with Crippen LogP contribution in [-0.2, 0) is 26.0 Å². The first kappa shape index (κ1) is 24.0. The van der Waals surface area contributed by atoms with Gasteiger partial charge in [-0.25, -0.2) is 17.2 Å². The fourth-order valence-corrected chi connectivity index (χ4v) is 4.99. The number of Topliss-reactive ketones (excluding diaryl/α,β-unsaturated/α-hetero) is 1. The van der Waals surface area contributed by atoms with Gasteiger partial charge in [-0.15, -0.1) is 0 Å². The predicted molar refractivity (Wildman–Crippen MR) is 114 cm³/mol. The molecular formula is C23H25F2NO5S. The molecule has 2 aromatic rings. The summed E-state index contributed by atoms with van der Waals surface area (Å²) in [5.41, 5.74) is 0.668. The lowest BCUT2D eigenvalue weighted by Crippen LogP contribution is -2.31. The summed E-state index contributed by atoms with van der Waals surface area (Å²) in [5, 5.41) is 0. The molecule has 0 spiro atoms. The topological polar surface area (TPSA) is 80.8 Å². The van der Waals surface area contributed by atoms with E-state index >= 15 is 0 Å². The quantitative estimate of drug-likeness (QED) is 0.437. The highest BCUT2D eigenvalue weighted by molar-refractivity contribution is 7.89. The van der Waals surface area contributed by atoms with Gasteiger partial charge in [0.15, 0.2) is 24.0 Å². The number of carbonyl (C=O) groups is 2. The number of ketones is 1. The second kappa shape index (κ2) is 10.8. The molecule has 1 aliphatic heterocycles. The van der Waals surface area contributed by atoms with E-state index in [0.717, 1.165) is 49.4 Å². The van der Waals surface area contributed by atoms with Gasteiger partial charge < -0.3 is 4.74 Å². The molecule has 0 aliphatic carbocycles. The number of benzene rings is 2. The highest BCUT2D eigenvalue weighted by atomic mass is 32.2. The van der Waals surface area contributed by atoms with Gasteiger partial charge >= 0.3 is 5.97 Å². The van der Waals surface area contributed by atoms with Crippen molar-refractivity contribution >= 4 is 21.8 Å². The Balaban J connectivity index is 1.49. The Labute approximate surface area is 186 Å². The van der Waals surface area contributed by atoms with Crippen molar-refractivity contribution in [2.24, 2.45) is 0 Å². The number of ether oxygens (including phenoxy) is 1. The molecule has 0 unspecified atom stereocenters. The lowest BCUT2D eigenvalue weighted by molar-refractivity contribution is -0.142. The summed E-state index contributed by atoms with van der Waals surface area (Å²) in [4.78, 5) is 24.1. The SMILES string of the molecule is O=C(CCc1ccc(S(=O)(=O)N2CCCCCC2)cc1)OCC(=O)c1ccc(F)c(F)c1. The number of aryl methyl sites for hydroxylation is 1. The van der Waals surface area contributed by atoms with Crippen molar-refractivity contribution in [2.75, 3.05) is 19.7 Å². The fourth-order valence-electron chi connectivity index (χ4n) is 3.48. The van der Waals surface area contributed by atoms with E-state index in [0.29, 0.717) is 19.5 Å². The maximum atomic E-state index is 13.2. The third kappa shape index (κ3) is 6.20. The highest BCUT2D eigenvalue weighted by Gasteiger charge is 2.25. The minimum absolute atomic E-state index is 0.0106. The van der Waals surface area contributed by atoms with Crippen LogP contribution in [0.15, 0.2) is 47.4 Å². The van der Waals surface area contributed by atoms with E-state index in [1.165, 1.54) is 16.4 Å². The van der Waals surface area contributed by atoms with Gasteiger partial charge in [0, 0.05) is 25.1 Å². The average molecular weight is 466 g/mol. The highest BCUT2D eigenvalue weighted by Crippen LogP contribution is 2.21. The smallest absolute Gasteiger partial charge is 0.306 e. The second-order valence-corrected chi connectivity index (χ2v) is 9.61. The zero-order chi connectivity index (χ0) is 23.1. The van der Waals surface area contributed by atoms with Crippen LogP contribution in [0.25, 0.3) is 0 Å². The monoisotopic (exact) mass is 465 g/mol. The van der Waals surface area contributed by atoms with Gasteiger partial charge in [0.05, 0.1) is 4.90 Å². The molecule has 1 saturated heterocycles. The molecule has 0 radical (unpaired) electrons. The average Bonchev–Trinajstić information content (AvgIpc) is 3.08. The summed E-state index contributed by atoms with van der Waals surface area (Å²) in [6, 6.07) is 9.10. The Bertz CT molecular complexity index is 1060. The van der Waals surface area contributed by atoms with Gasteiger partial charge in [-0.2, -0.15) is 4.31 Å². The van der Waals surface area contributed by atoms with Crippen molar-refractivity contribution in [1.82, 2.24) is 4.31 Å². The van der Waals surface area contributed by atoms with Crippen molar-refractivity contribution in [3.63, 3.8) is 0 Å². The molecule has 2 aromatic carbocycles. The molecule has 0 saturated carbocycles. The van der Waals surface area contributed by atoms with E-state index < -0.39 is 40.0 Å². The number of nitrogens with zero attached hydrogens (tertiary/aromatic N) is 1. The summed E-state index contributed by atoms with van der Waals surface area (Å²) in [6.07, 6.45) is 4.09. The third-order valence-electron chi connectivity index (χ3n) is 5.35. The zero-order valence-corrected chi connectivity index (χ0v) is 18.4. The molecule has 1 fully saturated rings. The normalized spacial score (nSPS) is 15.2. The summed E-state index contributed by atoms with van der Waals surface area (Å²) in [7, 11) is -3.53. The molecule has 1 aliphatic rings. The predicted octanol–water partition coefficient (Wildman–Crippen LogP) is 3.89.